The van der Waals surface area contributed by atoms with E-state index in [0.29, 0.717) is 12.6 Å². The third-order valence-corrected chi connectivity index (χ3v) is 6.70. The zero-order chi connectivity index (χ0) is 17.4. The van der Waals surface area contributed by atoms with E-state index in [0.717, 1.165) is 51.7 Å². The molecule has 5 nitrogen and oxygen atoms in total. The lowest BCUT2D eigenvalue weighted by Gasteiger charge is -2.55. The Hall–Kier alpha value is -1.43. The van der Waals surface area contributed by atoms with Gasteiger partial charge in [-0.05, 0) is 56.3 Å². The van der Waals surface area contributed by atoms with E-state index in [1.54, 1.807) is 0 Å². The number of primary amides is 1. The number of carbonyl (C=O) groups excluding carboxylic acids is 1. The first kappa shape index (κ1) is 17.0. The second-order valence-corrected chi connectivity index (χ2v) is 8.17. The van der Waals surface area contributed by atoms with E-state index >= 15 is 0 Å². The normalized spacial score (nSPS) is 30.8. The van der Waals surface area contributed by atoms with Crippen molar-refractivity contribution in [3.8, 4) is 0 Å². The molecular formula is C20H29N3O2. The molecule has 1 aromatic rings. The fourth-order valence-corrected chi connectivity index (χ4v) is 5.52. The van der Waals surface area contributed by atoms with Crippen LogP contribution in [0.1, 0.15) is 30.4 Å². The van der Waals surface area contributed by atoms with Crippen molar-refractivity contribution in [2.45, 2.75) is 44.2 Å². The van der Waals surface area contributed by atoms with Gasteiger partial charge in [-0.15, -0.1) is 0 Å². The molecule has 2 aliphatic heterocycles. The average molecular weight is 343 g/mol. The van der Waals surface area contributed by atoms with Gasteiger partial charge in [0.25, 0.3) is 0 Å². The van der Waals surface area contributed by atoms with Crippen molar-refractivity contribution in [3.63, 3.8) is 0 Å². The maximum atomic E-state index is 11.4. The van der Waals surface area contributed by atoms with Crippen molar-refractivity contribution in [2.75, 3.05) is 32.8 Å². The number of amides is 1. The number of fused-ring (bicyclic) bond motifs is 2. The Morgan fingerprint density at radius 1 is 1.24 bits per heavy atom. The minimum atomic E-state index is -0.262. The highest BCUT2D eigenvalue weighted by Crippen LogP contribution is 2.42. The highest BCUT2D eigenvalue weighted by atomic mass is 16.3. The summed E-state index contributed by atoms with van der Waals surface area (Å²) >= 11 is 0. The fourth-order valence-electron chi connectivity index (χ4n) is 5.52. The van der Waals surface area contributed by atoms with Crippen molar-refractivity contribution < 1.29 is 9.90 Å². The van der Waals surface area contributed by atoms with Crippen molar-refractivity contribution in [2.24, 2.45) is 11.1 Å². The smallest absolute Gasteiger partial charge is 0.231 e. The number of aliphatic hydroxyl groups is 1. The Kier molecular flexibility index (Phi) is 4.56. The summed E-state index contributed by atoms with van der Waals surface area (Å²) in [5.74, 6) is -0.262. The molecule has 2 saturated heterocycles. The van der Waals surface area contributed by atoms with Crippen molar-refractivity contribution in [1.82, 2.24) is 9.80 Å². The van der Waals surface area contributed by atoms with Crippen LogP contribution in [-0.4, -0.2) is 65.7 Å². The van der Waals surface area contributed by atoms with Gasteiger partial charge in [0.15, 0.2) is 0 Å². The number of nitrogens with two attached hydrogens (primary N) is 1. The van der Waals surface area contributed by atoms with Gasteiger partial charge >= 0.3 is 0 Å². The van der Waals surface area contributed by atoms with E-state index in [1.807, 2.05) is 0 Å². The van der Waals surface area contributed by atoms with Crippen LogP contribution in [0.3, 0.4) is 0 Å². The molecule has 0 aromatic heterocycles. The summed E-state index contributed by atoms with van der Waals surface area (Å²) < 4.78 is 0. The minimum Gasteiger partial charge on any atom is -0.396 e. The van der Waals surface area contributed by atoms with Gasteiger partial charge in [-0.3, -0.25) is 14.6 Å². The van der Waals surface area contributed by atoms with Crippen LogP contribution in [0.2, 0.25) is 0 Å². The maximum Gasteiger partial charge on any atom is 0.231 e. The predicted molar refractivity (Wildman–Crippen MR) is 97.1 cm³/mol. The van der Waals surface area contributed by atoms with Gasteiger partial charge in [0.1, 0.15) is 0 Å². The second-order valence-electron chi connectivity index (χ2n) is 8.17. The van der Waals surface area contributed by atoms with Gasteiger partial charge in [-0.1, -0.05) is 24.3 Å². The van der Waals surface area contributed by atoms with Crippen LogP contribution in [0.4, 0.5) is 0 Å². The molecule has 1 aromatic carbocycles. The molecule has 4 rings (SSSR count). The highest BCUT2D eigenvalue weighted by Gasteiger charge is 2.49. The molecule has 1 aliphatic carbocycles. The van der Waals surface area contributed by atoms with E-state index in [1.165, 1.54) is 11.1 Å². The zero-order valence-corrected chi connectivity index (χ0v) is 14.9. The van der Waals surface area contributed by atoms with E-state index in [4.69, 9.17) is 5.73 Å². The zero-order valence-electron chi connectivity index (χ0n) is 14.9. The average Bonchev–Trinajstić information content (AvgIpc) is 3.05. The molecule has 0 unspecified atom stereocenters. The Balaban J connectivity index is 1.50. The number of hydrogen-bond acceptors (Lipinski definition) is 4. The van der Waals surface area contributed by atoms with Crippen molar-refractivity contribution in [1.29, 1.82) is 0 Å². The number of benzene rings is 1. The summed E-state index contributed by atoms with van der Waals surface area (Å²) in [6.45, 7) is 3.41. The lowest BCUT2D eigenvalue weighted by atomic mass is 9.69. The van der Waals surface area contributed by atoms with E-state index in [2.05, 4.69) is 34.1 Å². The Morgan fingerprint density at radius 2 is 1.96 bits per heavy atom. The molecule has 0 bridgehead atoms. The molecule has 3 N–H and O–H groups in total. The number of carbonyl (C=O) groups is 1. The van der Waals surface area contributed by atoms with Crippen LogP contribution >= 0.6 is 0 Å². The summed E-state index contributed by atoms with van der Waals surface area (Å²) in [4.78, 5) is 16.3. The number of likely N-dealkylation sites (tertiary alicyclic amines) is 2. The minimum absolute atomic E-state index is 0.110. The summed E-state index contributed by atoms with van der Waals surface area (Å²) in [5, 5.41) is 10.3. The number of hydrogen-bond donors (Lipinski definition) is 2. The molecule has 0 radical (unpaired) electrons. The van der Waals surface area contributed by atoms with E-state index < -0.39 is 0 Å². The van der Waals surface area contributed by atoms with Gasteiger partial charge < -0.3 is 10.8 Å². The Morgan fingerprint density at radius 3 is 2.60 bits per heavy atom. The van der Waals surface area contributed by atoms with E-state index in [9.17, 15) is 9.90 Å². The second kappa shape index (κ2) is 6.71. The monoisotopic (exact) mass is 343 g/mol. The number of rotatable bonds is 4. The molecule has 1 amide bonds. The molecule has 0 spiro atoms. The van der Waals surface area contributed by atoms with Gasteiger partial charge in [-0.2, -0.15) is 0 Å². The quantitative estimate of drug-likeness (QED) is 0.848. The maximum absolute atomic E-state index is 11.4. The van der Waals surface area contributed by atoms with Gasteiger partial charge in [-0.25, -0.2) is 0 Å². The summed E-state index contributed by atoms with van der Waals surface area (Å²) in [6, 6.07) is 9.59. The molecule has 3 aliphatic rings. The Labute approximate surface area is 149 Å². The first-order chi connectivity index (χ1) is 12.1. The molecular weight excluding hydrogens is 314 g/mol. The lowest BCUT2D eigenvalue weighted by Crippen LogP contribution is -2.64. The largest absolute Gasteiger partial charge is 0.396 e. The predicted octanol–water partition coefficient (Wildman–Crippen LogP) is 0.788. The van der Waals surface area contributed by atoms with Gasteiger partial charge in [0.05, 0.1) is 13.2 Å². The molecule has 25 heavy (non-hydrogen) atoms. The van der Waals surface area contributed by atoms with Crippen LogP contribution in [0.5, 0.6) is 0 Å². The fraction of sp³-hybridized carbons (Fsp3) is 0.650. The molecule has 2 heterocycles. The SMILES string of the molecule is NC(=O)CN1CCC[C@@]2(CO)CN(C3Cc4ccccc4C3)CC[C@H]12. The molecule has 2 atom stereocenters. The van der Waals surface area contributed by atoms with Crippen LogP contribution in [0, 0.1) is 5.41 Å². The first-order valence-electron chi connectivity index (χ1n) is 9.55. The van der Waals surface area contributed by atoms with Crippen LogP contribution in [0.15, 0.2) is 24.3 Å². The highest BCUT2D eigenvalue weighted by molar-refractivity contribution is 5.76. The van der Waals surface area contributed by atoms with Crippen LogP contribution in [-0.2, 0) is 17.6 Å². The number of piperidine rings is 2. The van der Waals surface area contributed by atoms with Gasteiger partial charge in [0, 0.05) is 24.0 Å². The van der Waals surface area contributed by atoms with Crippen molar-refractivity contribution >= 4 is 5.91 Å². The molecule has 0 saturated carbocycles. The standard InChI is InChI=1S/C20H29N3O2/c21-19(25)12-22-8-3-7-20(14-24)13-23(9-6-18(20)22)17-10-15-4-1-2-5-16(15)11-17/h1-2,4-5,17-18,24H,3,6-14H2,(H2,21,25)/t18-,20-/m0/s1. The number of aliphatic hydroxyl groups excluding tert-OH is 1. The van der Waals surface area contributed by atoms with Gasteiger partial charge in [0.2, 0.25) is 5.91 Å². The van der Waals surface area contributed by atoms with Crippen LogP contribution < -0.4 is 5.73 Å². The number of nitrogens with zero attached hydrogens (tertiary/aromatic N) is 2. The summed E-state index contributed by atoms with van der Waals surface area (Å²) in [5.41, 5.74) is 8.30. The van der Waals surface area contributed by atoms with Crippen molar-refractivity contribution in [3.05, 3.63) is 35.4 Å². The topological polar surface area (TPSA) is 69.8 Å². The Bertz CT molecular complexity index is 625. The molecule has 5 heteroatoms. The van der Waals surface area contributed by atoms with Crippen LogP contribution in [0.25, 0.3) is 0 Å². The third-order valence-electron chi connectivity index (χ3n) is 6.70. The molecule has 2 fully saturated rings. The first-order valence-corrected chi connectivity index (χ1v) is 9.55. The summed E-state index contributed by atoms with van der Waals surface area (Å²) in [7, 11) is 0. The lowest BCUT2D eigenvalue weighted by molar-refractivity contribution is -0.126. The van der Waals surface area contributed by atoms with E-state index in [-0.39, 0.29) is 24.0 Å². The third kappa shape index (κ3) is 3.09. The molecule has 136 valence electrons. The summed E-state index contributed by atoms with van der Waals surface area (Å²) in [6.07, 6.45) is 5.32.